The highest BCUT2D eigenvalue weighted by atomic mass is 15.3. The van der Waals surface area contributed by atoms with Crippen molar-refractivity contribution in [3.8, 4) is 0 Å². The minimum Gasteiger partial charge on any atom is -0.355 e. The Morgan fingerprint density at radius 3 is 2.68 bits per heavy atom. The van der Waals surface area contributed by atoms with Crippen LogP contribution in [0, 0.1) is 13.8 Å². The third-order valence-corrected chi connectivity index (χ3v) is 7.54. The molecule has 3 aromatic rings. The summed E-state index contributed by atoms with van der Waals surface area (Å²) in [6.45, 7) is 7.62. The molecule has 0 bridgehead atoms. The van der Waals surface area contributed by atoms with E-state index in [2.05, 4.69) is 63.0 Å². The van der Waals surface area contributed by atoms with Crippen molar-refractivity contribution in [2.24, 2.45) is 0 Å². The summed E-state index contributed by atoms with van der Waals surface area (Å²) in [7, 11) is 0. The molecule has 31 heavy (non-hydrogen) atoms. The molecule has 0 amide bonds. The number of nitrogens with zero attached hydrogens (tertiary/aromatic N) is 4. The second-order valence-corrected chi connectivity index (χ2v) is 9.70. The molecular formula is C25H32N6. The normalized spacial score (nSPS) is 25.3. The number of aromatic nitrogens is 3. The largest absolute Gasteiger partial charge is 0.355 e. The van der Waals surface area contributed by atoms with Crippen molar-refractivity contribution in [2.45, 2.75) is 63.6 Å². The molecule has 162 valence electrons. The van der Waals surface area contributed by atoms with Gasteiger partial charge in [-0.25, -0.2) is 4.98 Å². The van der Waals surface area contributed by atoms with Crippen LogP contribution in [0.25, 0.3) is 5.65 Å². The standard InChI is InChI=1S/C25H32N6/c1-17-6-5-13-26-23(17)19-7-3-8-20(28-19)24-18(2)31-21(29-24)9-4-10-22(31)30-15-14-27-25(16-30)11-12-25/h4-6,9-10,13,19-20,27-28H,3,7-8,11-12,14-16H2,1-2H3. The number of pyridine rings is 2. The molecule has 1 spiro atoms. The first-order valence-electron chi connectivity index (χ1n) is 11.8. The van der Waals surface area contributed by atoms with E-state index in [1.54, 1.807) is 0 Å². The third-order valence-electron chi connectivity index (χ3n) is 7.54. The maximum atomic E-state index is 5.13. The van der Waals surface area contributed by atoms with Crippen LogP contribution >= 0.6 is 0 Å². The van der Waals surface area contributed by atoms with E-state index in [1.165, 1.54) is 47.7 Å². The molecule has 6 nitrogen and oxygen atoms in total. The van der Waals surface area contributed by atoms with Gasteiger partial charge in [-0.05, 0) is 69.7 Å². The van der Waals surface area contributed by atoms with Gasteiger partial charge in [0.15, 0.2) is 0 Å². The molecule has 2 atom stereocenters. The van der Waals surface area contributed by atoms with Crippen molar-refractivity contribution in [3.63, 3.8) is 0 Å². The first-order valence-corrected chi connectivity index (χ1v) is 11.8. The Morgan fingerprint density at radius 2 is 1.87 bits per heavy atom. The van der Waals surface area contributed by atoms with Gasteiger partial charge < -0.3 is 15.5 Å². The molecule has 2 aliphatic heterocycles. The van der Waals surface area contributed by atoms with Crippen LogP contribution in [0.4, 0.5) is 5.82 Å². The lowest BCUT2D eigenvalue weighted by Crippen LogP contribution is -2.53. The SMILES string of the molecule is Cc1cccnc1C1CCCC(c2nc3cccc(N4CCNC5(CC5)C4)n3c2C)N1. The van der Waals surface area contributed by atoms with Crippen LogP contribution in [0.1, 0.15) is 66.8 Å². The summed E-state index contributed by atoms with van der Waals surface area (Å²) in [6, 6.07) is 11.3. The summed E-state index contributed by atoms with van der Waals surface area (Å²) in [5.41, 5.74) is 6.33. The summed E-state index contributed by atoms with van der Waals surface area (Å²) >= 11 is 0. The van der Waals surface area contributed by atoms with Gasteiger partial charge in [0.25, 0.3) is 0 Å². The lowest BCUT2D eigenvalue weighted by atomic mass is 9.92. The lowest BCUT2D eigenvalue weighted by Gasteiger charge is -2.36. The van der Waals surface area contributed by atoms with Gasteiger partial charge in [-0.15, -0.1) is 0 Å². The van der Waals surface area contributed by atoms with Crippen molar-refractivity contribution in [3.05, 3.63) is 59.2 Å². The maximum absolute atomic E-state index is 5.13. The molecular weight excluding hydrogens is 384 g/mol. The Morgan fingerprint density at radius 1 is 1.03 bits per heavy atom. The zero-order valence-corrected chi connectivity index (χ0v) is 18.6. The number of piperidine rings is 1. The van der Waals surface area contributed by atoms with Crippen molar-refractivity contribution in [1.82, 2.24) is 25.0 Å². The fourth-order valence-electron chi connectivity index (χ4n) is 5.68. The van der Waals surface area contributed by atoms with Gasteiger partial charge in [0.1, 0.15) is 11.5 Å². The average Bonchev–Trinajstić information content (AvgIpc) is 3.45. The quantitative estimate of drug-likeness (QED) is 0.679. The minimum absolute atomic E-state index is 0.269. The first-order chi connectivity index (χ1) is 15.1. The molecule has 2 N–H and O–H groups in total. The van der Waals surface area contributed by atoms with E-state index in [0.29, 0.717) is 11.6 Å². The van der Waals surface area contributed by atoms with Gasteiger partial charge in [0, 0.05) is 37.1 Å². The van der Waals surface area contributed by atoms with Crippen LogP contribution in [0.2, 0.25) is 0 Å². The molecule has 3 aromatic heterocycles. The van der Waals surface area contributed by atoms with Crippen LogP contribution in [0.3, 0.4) is 0 Å². The summed E-state index contributed by atoms with van der Waals surface area (Å²) < 4.78 is 2.38. The molecule has 0 radical (unpaired) electrons. The lowest BCUT2D eigenvalue weighted by molar-refractivity contribution is 0.320. The zero-order valence-electron chi connectivity index (χ0n) is 18.6. The number of piperazine rings is 1. The minimum atomic E-state index is 0.269. The number of rotatable bonds is 3. The predicted octanol–water partition coefficient (Wildman–Crippen LogP) is 3.84. The van der Waals surface area contributed by atoms with Crippen molar-refractivity contribution < 1.29 is 0 Å². The highest BCUT2D eigenvalue weighted by molar-refractivity contribution is 5.56. The molecule has 3 fully saturated rings. The summed E-state index contributed by atoms with van der Waals surface area (Å²) in [4.78, 5) is 12.4. The molecule has 1 aliphatic carbocycles. The number of hydrogen-bond donors (Lipinski definition) is 2. The summed E-state index contributed by atoms with van der Waals surface area (Å²) in [5, 5.41) is 7.62. The monoisotopic (exact) mass is 416 g/mol. The molecule has 2 unspecified atom stereocenters. The van der Waals surface area contributed by atoms with Crippen molar-refractivity contribution in [2.75, 3.05) is 24.5 Å². The Labute approximate surface area is 184 Å². The highest BCUT2D eigenvalue weighted by Crippen LogP contribution is 2.39. The van der Waals surface area contributed by atoms with Gasteiger partial charge in [0.2, 0.25) is 0 Å². The van der Waals surface area contributed by atoms with E-state index in [-0.39, 0.29) is 6.04 Å². The molecule has 3 aliphatic rings. The number of hydrogen-bond acceptors (Lipinski definition) is 5. The van der Waals surface area contributed by atoms with E-state index in [9.17, 15) is 0 Å². The number of nitrogens with one attached hydrogen (secondary N) is 2. The second-order valence-electron chi connectivity index (χ2n) is 9.70. The number of aryl methyl sites for hydroxylation is 2. The van der Waals surface area contributed by atoms with E-state index in [4.69, 9.17) is 4.98 Å². The Kier molecular flexibility index (Phi) is 4.54. The van der Waals surface area contributed by atoms with Crippen LogP contribution in [-0.4, -0.2) is 39.5 Å². The van der Waals surface area contributed by atoms with Crippen molar-refractivity contribution in [1.29, 1.82) is 0 Å². The van der Waals surface area contributed by atoms with Crippen LogP contribution in [-0.2, 0) is 0 Å². The van der Waals surface area contributed by atoms with E-state index in [0.717, 1.165) is 38.1 Å². The maximum Gasteiger partial charge on any atom is 0.138 e. The fraction of sp³-hybridized carbons (Fsp3) is 0.520. The van der Waals surface area contributed by atoms with Crippen LogP contribution in [0.15, 0.2) is 36.5 Å². The van der Waals surface area contributed by atoms with Crippen molar-refractivity contribution >= 4 is 11.5 Å². The van der Waals surface area contributed by atoms with E-state index < -0.39 is 0 Å². The zero-order chi connectivity index (χ0) is 21.0. The van der Waals surface area contributed by atoms with Gasteiger partial charge in [0.05, 0.1) is 23.5 Å². The van der Waals surface area contributed by atoms with E-state index >= 15 is 0 Å². The van der Waals surface area contributed by atoms with Gasteiger partial charge in [-0.1, -0.05) is 12.1 Å². The molecule has 6 rings (SSSR count). The Balaban J connectivity index is 1.33. The summed E-state index contributed by atoms with van der Waals surface area (Å²) in [5.74, 6) is 1.29. The van der Waals surface area contributed by atoms with Crippen LogP contribution < -0.4 is 15.5 Å². The smallest absolute Gasteiger partial charge is 0.138 e. The molecule has 5 heterocycles. The molecule has 1 saturated carbocycles. The number of anilines is 1. The van der Waals surface area contributed by atoms with Gasteiger partial charge >= 0.3 is 0 Å². The van der Waals surface area contributed by atoms with Gasteiger partial charge in [-0.2, -0.15) is 0 Å². The Hall–Kier alpha value is -2.44. The van der Waals surface area contributed by atoms with Gasteiger partial charge in [-0.3, -0.25) is 9.38 Å². The predicted molar refractivity (Wildman–Crippen MR) is 124 cm³/mol. The summed E-state index contributed by atoms with van der Waals surface area (Å²) in [6.07, 6.45) is 7.96. The first kappa shape index (κ1) is 19.3. The van der Waals surface area contributed by atoms with E-state index in [1.807, 2.05) is 12.3 Å². The fourth-order valence-corrected chi connectivity index (χ4v) is 5.68. The molecule has 6 heteroatoms. The number of imidazole rings is 1. The topological polar surface area (TPSA) is 57.5 Å². The Bertz CT molecular complexity index is 1110. The second kappa shape index (κ2) is 7.31. The third kappa shape index (κ3) is 3.33. The molecule has 0 aromatic carbocycles. The average molecular weight is 417 g/mol. The number of fused-ring (bicyclic) bond motifs is 1. The molecule has 2 saturated heterocycles. The highest BCUT2D eigenvalue weighted by Gasteiger charge is 2.46. The van der Waals surface area contributed by atoms with Crippen LogP contribution in [0.5, 0.6) is 0 Å².